The van der Waals surface area contributed by atoms with Gasteiger partial charge in [0.05, 0.1) is 6.54 Å². The average Bonchev–Trinajstić information content (AvgIpc) is 2.26. The van der Waals surface area contributed by atoms with Gasteiger partial charge < -0.3 is 5.11 Å². The highest BCUT2D eigenvalue weighted by atomic mass is 35.5. The predicted molar refractivity (Wildman–Crippen MR) is 62.9 cm³/mol. The van der Waals surface area contributed by atoms with Gasteiger partial charge in [-0.25, -0.2) is 9.69 Å². The molecule has 1 N–H and O–H groups in total. The topological polar surface area (TPSA) is 57.6 Å². The molecular weight excluding hydrogens is 230 g/mol. The Morgan fingerprint density at radius 2 is 1.88 bits per heavy atom. The number of halogens is 1. The Labute approximate surface area is 99.6 Å². The first-order valence-corrected chi connectivity index (χ1v) is 4.37. The average molecular weight is 242 g/mol. The molecule has 0 saturated carbocycles. The minimum absolute atomic E-state index is 0. The number of nitrogens with zero attached hydrogens (tertiary/aromatic N) is 1. The van der Waals surface area contributed by atoms with Crippen molar-refractivity contribution in [3.05, 3.63) is 48.6 Å². The molecule has 0 radical (unpaired) electrons. The van der Waals surface area contributed by atoms with E-state index in [1.807, 2.05) is 0 Å². The summed E-state index contributed by atoms with van der Waals surface area (Å²) in [5.74, 6) is -0.539. The number of benzene rings is 1. The summed E-state index contributed by atoms with van der Waals surface area (Å²) in [6.07, 6.45) is 0.0957. The van der Waals surface area contributed by atoms with E-state index in [9.17, 15) is 9.59 Å². The number of amides is 2. The minimum Gasteiger partial charge on any atom is -0.465 e. The number of carbonyl (C=O) groups is 2. The van der Waals surface area contributed by atoms with Crippen molar-refractivity contribution in [3.63, 3.8) is 0 Å². The van der Waals surface area contributed by atoms with E-state index in [4.69, 9.17) is 5.11 Å². The molecule has 1 aromatic rings. The zero-order valence-corrected chi connectivity index (χ0v) is 9.31. The van der Waals surface area contributed by atoms with Crippen LogP contribution in [0.4, 0.5) is 4.79 Å². The molecule has 16 heavy (non-hydrogen) atoms. The second kappa shape index (κ2) is 6.63. The van der Waals surface area contributed by atoms with E-state index in [1.54, 1.807) is 30.3 Å². The smallest absolute Gasteiger partial charge is 0.414 e. The van der Waals surface area contributed by atoms with Crippen LogP contribution in [0, 0.1) is 0 Å². The van der Waals surface area contributed by atoms with Crippen LogP contribution in [0.2, 0.25) is 0 Å². The maximum atomic E-state index is 11.7. The van der Waals surface area contributed by atoms with Crippen molar-refractivity contribution in [2.45, 2.75) is 0 Å². The van der Waals surface area contributed by atoms with Gasteiger partial charge in [-0.15, -0.1) is 19.0 Å². The lowest BCUT2D eigenvalue weighted by Crippen LogP contribution is -2.35. The first kappa shape index (κ1) is 14.2. The maximum absolute atomic E-state index is 11.7. The lowest BCUT2D eigenvalue weighted by molar-refractivity contribution is 0.0760. The Balaban J connectivity index is 0.00000225. The summed E-state index contributed by atoms with van der Waals surface area (Å²) in [5.41, 5.74) is 0.349. The number of imide groups is 1. The first-order chi connectivity index (χ1) is 7.16. The molecule has 2 amide bonds. The molecule has 0 heterocycles. The van der Waals surface area contributed by atoms with Crippen molar-refractivity contribution in [1.29, 1.82) is 0 Å². The number of hydrogen-bond acceptors (Lipinski definition) is 2. The van der Waals surface area contributed by atoms with Crippen LogP contribution < -0.4 is 0 Å². The Bertz CT molecular complexity index is 378. The van der Waals surface area contributed by atoms with E-state index in [0.717, 1.165) is 0 Å². The molecule has 0 aromatic heterocycles. The summed E-state index contributed by atoms with van der Waals surface area (Å²) < 4.78 is 0. The highest BCUT2D eigenvalue weighted by Gasteiger charge is 2.20. The summed E-state index contributed by atoms with van der Waals surface area (Å²) in [7, 11) is 0. The van der Waals surface area contributed by atoms with Gasteiger partial charge in [0.25, 0.3) is 5.91 Å². The monoisotopic (exact) mass is 241 g/mol. The molecule has 5 heteroatoms. The summed E-state index contributed by atoms with van der Waals surface area (Å²) in [4.78, 5) is 23.1. The fraction of sp³-hybridized carbons (Fsp3) is 0.0909. The lowest BCUT2D eigenvalue weighted by atomic mass is 10.2. The Morgan fingerprint density at radius 3 is 2.31 bits per heavy atom. The van der Waals surface area contributed by atoms with Crippen LogP contribution in [0.1, 0.15) is 10.4 Å². The highest BCUT2D eigenvalue weighted by molar-refractivity contribution is 6.02. The zero-order chi connectivity index (χ0) is 11.3. The molecule has 0 atom stereocenters. The highest BCUT2D eigenvalue weighted by Crippen LogP contribution is 2.04. The van der Waals surface area contributed by atoms with Crippen molar-refractivity contribution in [2.75, 3.05) is 6.54 Å². The van der Waals surface area contributed by atoms with Crippen LogP contribution in [0.15, 0.2) is 43.0 Å². The third-order valence-electron chi connectivity index (χ3n) is 1.81. The third-order valence-corrected chi connectivity index (χ3v) is 1.81. The van der Waals surface area contributed by atoms with E-state index in [0.29, 0.717) is 10.5 Å². The molecule has 0 unspecified atom stereocenters. The zero-order valence-electron chi connectivity index (χ0n) is 8.50. The van der Waals surface area contributed by atoms with E-state index in [-0.39, 0.29) is 19.0 Å². The molecule has 1 rings (SSSR count). The van der Waals surface area contributed by atoms with Crippen molar-refractivity contribution in [2.24, 2.45) is 0 Å². The lowest BCUT2D eigenvalue weighted by Gasteiger charge is -2.14. The summed E-state index contributed by atoms with van der Waals surface area (Å²) in [6.45, 7) is 3.39. The normalized spacial score (nSPS) is 8.75. The van der Waals surface area contributed by atoms with Gasteiger partial charge in [-0.2, -0.15) is 0 Å². The number of carbonyl (C=O) groups excluding carboxylic acids is 1. The van der Waals surface area contributed by atoms with Gasteiger partial charge in [0.15, 0.2) is 0 Å². The molecule has 4 nitrogen and oxygen atoms in total. The second-order valence-corrected chi connectivity index (χ2v) is 2.85. The number of carboxylic acid groups (broad SMARTS) is 1. The Hall–Kier alpha value is -1.81. The molecule has 0 fully saturated rings. The van der Waals surface area contributed by atoms with Crippen LogP contribution in [0.3, 0.4) is 0 Å². The molecule has 86 valence electrons. The quantitative estimate of drug-likeness (QED) is 0.827. The van der Waals surface area contributed by atoms with Crippen LogP contribution in [-0.2, 0) is 0 Å². The SMILES string of the molecule is C=CCN(C(=O)O)C(=O)c1ccccc1.Cl. The van der Waals surface area contributed by atoms with Crippen molar-refractivity contribution < 1.29 is 14.7 Å². The molecule has 0 spiro atoms. The third kappa shape index (κ3) is 3.40. The van der Waals surface area contributed by atoms with Crippen LogP contribution in [-0.4, -0.2) is 28.6 Å². The van der Waals surface area contributed by atoms with E-state index >= 15 is 0 Å². The predicted octanol–water partition coefficient (Wildman–Crippen LogP) is 2.41. The Kier molecular flexibility index (Phi) is 5.88. The van der Waals surface area contributed by atoms with Crippen molar-refractivity contribution in [3.8, 4) is 0 Å². The fourth-order valence-corrected chi connectivity index (χ4v) is 1.11. The Morgan fingerprint density at radius 1 is 1.31 bits per heavy atom. The van der Waals surface area contributed by atoms with Gasteiger partial charge >= 0.3 is 6.09 Å². The fourth-order valence-electron chi connectivity index (χ4n) is 1.11. The molecule has 0 aliphatic rings. The molecule has 1 aromatic carbocycles. The van der Waals surface area contributed by atoms with Gasteiger partial charge in [0.2, 0.25) is 0 Å². The second-order valence-electron chi connectivity index (χ2n) is 2.85. The van der Waals surface area contributed by atoms with E-state index in [2.05, 4.69) is 6.58 Å². The van der Waals surface area contributed by atoms with Gasteiger partial charge in [-0.3, -0.25) is 4.79 Å². The van der Waals surface area contributed by atoms with Crippen molar-refractivity contribution in [1.82, 2.24) is 4.90 Å². The number of rotatable bonds is 3. The molecular formula is C11H12ClNO3. The first-order valence-electron chi connectivity index (χ1n) is 4.37. The summed E-state index contributed by atoms with van der Waals surface area (Å²) in [5, 5.41) is 8.79. The molecule has 0 aliphatic carbocycles. The molecule has 0 saturated heterocycles. The molecule has 0 aliphatic heterocycles. The summed E-state index contributed by atoms with van der Waals surface area (Å²) in [6, 6.07) is 8.26. The van der Waals surface area contributed by atoms with Gasteiger partial charge in [0, 0.05) is 5.56 Å². The summed E-state index contributed by atoms with van der Waals surface area (Å²) >= 11 is 0. The van der Waals surface area contributed by atoms with Crippen LogP contribution >= 0.6 is 12.4 Å². The van der Waals surface area contributed by atoms with E-state index < -0.39 is 12.0 Å². The van der Waals surface area contributed by atoms with Gasteiger partial charge in [-0.05, 0) is 12.1 Å². The van der Waals surface area contributed by atoms with Gasteiger partial charge in [0.1, 0.15) is 0 Å². The van der Waals surface area contributed by atoms with E-state index in [1.165, 1.54) is 6.08 Å². The minimum atomic E-state index is -1.27. The van der Waals surface area contributed by atoms with Crippen LogP contribution in [0.5, 0.6) is 0 Å². The molecule has 0 bridgehead atoms. The number of hydrogen-bond donors (Lipinski definition) is 1. The maximum Gasteiger partial charge on any atom is 0.414 e. The largest absolute Gasteiger partial charge is 0.465 e. The van der Waals surface area contributed by atoms with Crippen molar-refractivity contribution >= 4 is 24.4 Å². The van der Waals surface area contributed by atoms with Gasteiger partial charge in [-0.1, -0.05) is 24.3 Å². The standard InChI is InChI=1S/C11H11NO3.ClH/c1-2-8-12(11(14)15)10(13)9-6-4-3-5-7-9;/h2-7H,1,8H2,(H,14,15);1H. The van der Waals surface area contributed by atoms with Crippen LogP contribution in [0.25, 0.3) is 0 Å².